The predicted molar refractivity (Wildman–Crippen MR) is 70.9 cm³/mol. The maximum atomic E-state index is 12.8. The lowest BCUT2D eigenvalue weighted by atomic mass is 9.79. The Morgan fingerprint density at radius 3 is 2.41 bits per heavy atom. The van der Waals surface area contributed by atoms with E-state index in [0.29, 0.717) is 5.56 Å². The first-order valence-electron chi connectivity index (χ1n) is 6.27. The van der Waals surface area contributed by atoms with Crippen LogP contribution in [-0.4, -0.2) is 30.5 Å². The first-order chi connectivity index (χ1) is 10.3. The fraction of sp³-hybridized carbons (Fsp3) is 0.267. The van der Waals surface area contributed by atoms with E-state index in [2.05, 4.69) is 4.74 Å². The van der Waals surface area contributed by atoms with Crippen molar-refractivity contribution in [3.05, 3.63) is 59.6 Å². The molecule has 1 aliphatic carbocycles. The van der Waals surface area contributed by atoms with E-state index < -0.39 is 17.9 Å². The SMILES string of the molecule is COC1=CC(C=O)(OC(F)(F)F)C(c2ccccc2)C=C1O. The molecule has 4 nitrogen and oxygen atoms in total. The normalized spacial score (nSPS) is 25.2. The van der Waals surface area contributed by atoms with E-state index in [-0.39, 0.29) is 17.8 Å². The van der Waals surface area contributed by atoms with Crippen molar-refractivity contribution >= 4 is 6.29 Å². The van der Waals surface area contributed by atoms with Gasteiger partial charge in [0, 0.05) is 12.0 Å². The Balaban J connectivity index is 2.57. The van der Waals surface area contributed by atoms with Gasteiger partial charge in [-0.25, -0.2) is 0 Å². The summed E-state index contributed by atoms with van der Waals surface area (Å²) in [6.07, 6.45) is -3.04. The highest BCUT2D eigenvalue weighted by atomic mass is 19.4. The zero-order valence-electron chi connectivity index (χ0n) is 11.5. The Hall–Kier alpha value is -2.28. The lowest BCUT2D eigenvalue weighted by molar-refractivity contribution is -0.352. The molecule has 2 unspecified atom stereocenters. The van der Waals surface area contributed by atoms with Gasteiger partial charge in [-0.3, -0.25) is 9.53 Å². The van der Waals surface area contributed by atoms with Gasteiger partial charge in [0.2, 0.25) is 0 Å². The van der Waals surface area contributed by atoms with E-state index in [1.54, 1.807) is 18.2 Å². The van der Waals surface area contributed by atoms with E-state index in [4.69, 9.17) is 4.74 Å². The predicted octanol–water partition coefficient (Wildman–Crippen LogP) is 3.23. The number of carbonyl (C=O) groups is 1. The number of aliphatic hydroxyl groups excluding tert-OH is 1. The van der Waals surface area contributed by atoms with E-state index in [1.165, 1.54) is 19.2 Å². The quantitative estimate of drug-likeness (QED) is 0.867. The summed E-state index contributed by atoms with van der Waals surface area (Å²) in [6.45, 7) is 0. The number of halogens is 3. The third-order valence-electron chi connectivity index (χ3n) is 3.28. The van der Waals surface area contributed by atoms with Gasteiger partial charge in [-0.15, -0.1) is 13.2 Å². The van der Waals surface area contributed by atoms with Crippen molar-refractivity contribution < 1.29 is 32.5 Å². The van der Waals surface area contributed by atoms with Crippen molar-refractivity contribution in [2.75, 3.05) is 7.11 Å². The molecule has 0 radical (unpaired) electrons. The van der Waals surface area contributed by atoms with Gasteiger partial charge in [-0.1, -0.05) is 30.3 Å². The summed E-state index contributed by atoms with van der Waals surface area (Å²) in [5.41, 5.74) is -1.96. The first-order valence-corrected chi connectivity index (χ1v) is 6.27. The molecule has 0 aliphatic heterocycles. The summed E-state index contributed by atoms with van der Waals surface area (Å²) in [7, 11) is 1.17. The minimum atomic E-state index is -5.04. The number of hydrogen-bond donors (Lipinski definition) is 1. The maximum Gasteiger partial charge on any atom is 0.523 e. The molecule has 1 aliphatic rings. The van der Waals surface area contributed by atoms with Crippen LogP contribution in [-0.2, 0) is 14.3 Å². The molecule has 0 spiro atoms. The van der Waals surface area contributed by atoms with Gasteiger partial charge in [-0.2, -0.15) is 0 Å². The molecule has 1 N–H and O–H groups in total. The van der Waals surface area contributed by atoms with E-state index in [0.717, 1.165) is 12.2 Å². The Bertz CT molecular complexity index is 607. The van der Waals surface area contributed by atoms with Crippen molar-refractivity contribution in [1.29, 1.82) is 0 Å². The van der Waals surface area contributed by atoms with Crippen molar-refractivity contribution in [3.8, 4) is 0 Å². The molecule has 0 bridgehead atoms. The van der Waals surface area contributed by atoms with Gasteiger partial charge < -0.3 is 9.84 Å². The lowest BCUT2D eigenvalue weighted by Crippen LogP contribution is -2.45. The third-order valence-corrected chi connectivity index (χ3v) is 3.28. The summed E-state index contributed by atoms with van der Waals surface area (Å²) < 4.78 is 47.1. The molecule has 0 saturated heterocycles. The second-order valence-corrected chi connectivity index (χ2v) is 4.67. The molecule has 0 heterocycles. The summed E-state index contributed by atoms with van der Waals surface area (Å²) in [5, 5.41) is 9.84. The van der Waals surface area contributed by atoms with Crippen LogP contribution >= 0.6 is 0 Å². The summed E-state index contributed by atoms with van der Waals surface area (Å²) in [6, 6.07) is 7.98. The van der Waals surface area contributed by atoms with Crippen LogP contribution in [0.25, 0.3) is 0 Å². The highest BCUT2D eigenvalue weighted by Gasteiger charge is 2.50. The average molecular weight is 314 g/mol. The van der Waals surface area contributed by atoms with Crippen molar-refractivity contribution in [3.63, 3.8) is 0 Å². The molecule has 0 saturated carbocycles. The Kier molecular flexibility index (Phi) is 4.27. The highest BCUT2D eigenvalue weighted by molar-refractivity contribution is 5.72. The molecule has 22 heavy (non-hydrogen) atoms. The van der Waals surface area contributed by atoms with Gasteiger partial charge in [-0.05, 0) is 11.6 Å². The van der Waals surface area contributed by atoms with Gasteiger partial charge in [0.15, 0.2) is 23.4 Å². The van der Waals surface area contributed by atoms with Crippen LogP contribution in [0.2, 0.25) is 0 Å². The number of carbonyl (C=O) groups excluding carboxylic acids is 1. The van der Waals surface area contributed by atoms with E-state index in [1.807, 2.05) is 0 Å². The monoisotopic (exact) mass is 314 g/mol. The molecule has 0 amide bonds. The second kappa shape index (κ2) is 5.84. The third kappa shape index (κ3) is 3.14. The number of benzene rings is 1. The minimum absolute atomic E-state index is 0.0557. The largest absolute Gasteiger partial charge is 0.523 e. The molecule has 7 heteroatoms. The van der Waals surface area contributed by atoms with Crippen molar-refractivity contribution in [1.82, 2.24) is 0 Å². The number of rotatable bonds is 4. The fourth-order valence-corrected chi connectivity index (χ4v) is 2.34. The number of aldehydes is 1. The molecular weight excluding hydrogens is 301 g/mol. The summed E-state index contributed by atoms with van der Waals surface area (Å²) in [4.78, 5) is 11.5. The Morgan fingerprint density at radius 2 is 1.91 bits per heavy atom. The molecule has 1 aromatic carbocycles. The highest BCUT2D eigenvalue weighted by Crippen LogP contribution is 2.42. The number of aliphatic hydroxyl groups is 1. The Labute approximate surface area is 124 Å². The average Bonchev–Trinajstić information content (AvgIpc) is 2.48. The van der Waals surface area contributed by atoms with Gasteiger partial charge >= 0.3 is 6.36 Å². The number of hydrogen-bond acceptors (Lipinski definition) is 4. The van der Waals surface area contributed by atoms with Gasteiger partial charge in [0.05, 0.1) is 7.11 Å². The number of methoxy groups -OCH3 is 1. The van der Waals surface area contributed by atoms with Crippen LogP contribution in [0.15, 0.2) is 54.0 Å². The zero-order chi connectivity index (χ0) is 16.4. The smallest absolute Gasteiger partial charge is 0.504 e. The molecule has 2 rings (SSSR count). The first kappa shape index (κ1) is 16.1. The number of ether oxygens (including phenoxy) is 2. The summed E-state index contributed by atoms with van der Waals surface area (Å²) >= 11 is 0. The van der Waals surface area contributed by atoms with Crippen LogP contribution < -0.4 is 0 Å². The fourth-order valence-electron chi connectivity index (χ4n) is 2.34. The van der Waals surface area contributed by atoms with Crippen LogP contribution in [0.1, 0.15) is 11.5 Å². The van der Waals surface area contributed by atoms with Crippen molar-refractivity contribution in [2.24, 2.45) is 0 Å². The van der Waals surface area contributed by atoms with Gasteiger partial charge in [0.1, 0.15) is 0 Å². The minimum Gasteiger partial charge on any atom is -0.504 e. The van der Waals surface area contributed by atoms with E-state index >= 15 is 0 Å². The summed E-state index contributed by atoms with van der Waals surface area (Å²) in [5.74, 6) is -1.77. The Morgan fingerprint density at radius 1 is 1.27 bits per heavy atom. The molecule has 0 fully saturated rings. The number of alkyl halides is 3. The van der Waals surface area contributed by atoms with Crippen molar-refractivity contribution in [2.45, 2.75) is 17.9 Å². The lowest BCUT2D eigenvalue weighted by Gasteiger charge is -2.35. The standard InChI is InChI=1S/C15H13F3O4/c1-21-13-8-14(9-19,22-15(16,17)18)11(7-12(13)20)10-5-3-2-4-6-10/h2-9,11,20H,1H3. The second-order valence-electron chi connectivity index (χ2n) is 4.67. The molecule has 2 atom stereocenters. The molecular formula is C15H13F3O4. The maximum absolute atomic E-state index is 12.8. The molecule has 0 aromatic heterocycles. The van der Waals surface area contributed by atoms with Gasteiger partial charge in [0.25, 0.3) is 0 Å². The topological polar surface area (TPSA) is 55.8 Å². The molecule has 118 valence electrons. The van der Waals surface area contributed by atoms with Crippen LogP contribution in [0.3, 0.4) is 0 Å². The van der Waals surface area contributed by atoms with Crippen LogP contribution in [0.5, 0.6) is 0 Å². The van der Waals surface area contributed by atoms with E-state index in [9.17, 15) is 23.1 Å². The zero-order valence-corrected chi connectivity index (χ0v) is 11.5. The molecule has 1 aromatic rings. The van der Waals surface area contributed by atoms with Crippen LogP contribution in [0, 0.1) is 0 Å². The van der Waals surface area contributed by atoms with Crippen LogP contribution in [0.4, 0.5) is 13.2 Å².